The molecule has 0 saturated carbocycles. The van der Waals surface area contributed by atoms with E-state index >= 15 is 0 Å². The number of aryl methyl sites for hydroxylation is 1. The molecule has 0 aliphatic carbocycles. The van der Waals surface area contributed by atoms with Crippen molar-refractivity contribution in [2.45, 2.75) is 52.6 Å². The van der Waals surface area contributed by atoms with Gasteiger partial charge in [0.2, 0.25) is 0 Å². The maximum absolute atomic E-state index is 13.5. The van der Waals surface area contributed by atoms with Crippen LogP contribution in [0.25, 0.3) is 5.78 Å². The van der Waals surface area contributed by atoms with Gasteiger partial charge in [0.25, 0.3) is 11.7 Å². The van der Waals surface area contributed by atoms with Crippen LogP contribution in [-0.4, -0.2) is 50.1 Å². The first kappa shape index (κ1) is 20.9. The number of methoxy groups -OCH3 is 1. The summed E-state index contributed by atoms with van der Waals surface area (Å²) in [4.78, 5) is 24.1. The van der Waals surface area contributed by atoms with E-state index in [9.17, 15) is 4.79 Å². The molecule has 2 heterocycles. The lowest BCUT2D eigenvalue weighted by atomic mass is 9.91. The van der Waals surface area contributed by atoms with Crippen LogP contribution in [0.3, 0.4) is 0 Å². The molecule has 7 nitrogen and oxygen atoms in total. The number of amides is 1. The molecule has 1 amide bonds. The van der Waals surface area contributed by atoms with Crippen LogP contribution >= 0.6 is 0 Å². The molecule has 0 N–H and O–H groups in total. The molecule has 0 fully saturated rings. The summed E-state index contributed by atoms with van der Waals surface area (Å²) < 4.78 is 7.02. The number of hydrogen-bond donors (Lipinski definition) is 0. The summed E-state index contributed by atoms with van der Waals surface area (Å²) in [6.07, 6.45) is 1.46. The van der Waals surface area contributed by atoms with Gasteiger partial charge in [-0.3, -0.25) is 4.79 Å². The van der Waals surface area contributed by atoms with Gasteiger partial charge in [0.1, 0.15) is 12.0 Å². The average molecular weight is 396 g/mol. The molecule has 0 unspecified atom stereocenters. The Hall–Kier alpha value is -2.80. The van der Waals surface area contributed by atoms with Crippen LogP contribution in [0.5, 0.6) is 0 Å². The second kappa shape index (κ2) is 8.29. The molecule has 154 valence electrons. The third-order valence-electron chi connectivity index (χ3n) is 4.88. The van der Waals surface area contributed by atoms with Gasteiger partial charge in [-0.15, -0.1) is 0 Å². The van der Waals surface area contributed by atoms with Gasteiger partial charge in [0.15, 0.2) is 0 Å². The number of aromatic nitrogens is 4. The SMILES string of the molecule is COC[C@H](C)N(Cc1cccc(C)c1)C(=O)c1cc(C(C)(C)C)n2ncnc2n1. The Bertz CT molecular complexity index is 1010. The van der Waals surface area contributed by atoms with E-state index < -0.39 is 0 Å². The average Bonchev–Trinajstić information content (AvgIpc) is 3.12. The molecule has 29 heavy (non-hydrogen) atoms. The number of fused-ring (bicyclic) bond motifs is 1. The molecule has 3 rings (SSSR count). The third kappa shape index (κ3) is 4.62. The molecule has 2 aromatic heterocycles. The van der Waals surface area contributed by atoms with Crippen molar-refractivity contribution in [2.75, 3.05) is 13.7 Å². The molecule has 1 atom stereocenters. The van der Waals surface area contributed by atoms with Gasteiger partial charge >= 0.3 is 0 Å². The van der Waals surface area contributed by atoms with Crippen molar-refractivity contribution in [1.82, 2.24) is 24.5 Å². The largest absolute Gasteiger partial charge is 0.383 e. The maximum atomic E-state index is 13.5. The minimum Gasteiger partial charge on any atom is -0.383 e. The monoisotopic (exact) mass is 395 g/mol. The first-order chi connectivity index (χ1) is 13.7. The fourth-order valence-electron chi connectivity index (χ4n) is 3.37. The Labute approximate surface area is 171 Å². The Kier molecular flexibility index (Phi) is 5.98. The zero-order valence-corrected chi connectivity index (χ0v) is 18.0. The lowest BCUT2D eigenvalue weighted by Gasteiger charge is -2.29. The van der Waals surface area contributed by atoms with Crippen molar-refractivity contribution < 1.29 is 9.53 Å². The molecule has 0 saturated heterocycles. The van der Waals surface area contributed by atoms with Crippen LogP contribution in [0, 0.1) is 6.92 Å². The molecule has 0 aliphatic heterocycles. The first-order valence-corrected chi connectivity index (χ1v) is 9.77. The molecule has 7 heteroatoms. The second-order valence-electron chi connectivity index (χ2n) is 8.47. The van der Waals surface area contributed by atoms with Crippen LogP contribution < -0.4 is 0 Å². The summed E-state index contributed by atoms with van der Waals surface area (Å²) in [6.45, 7) is 11.2. The zero-order chi connectivity index (χ0) is 21.2. The molecule has 0 spiro atoms. The Morgan fingerprint density at radius 2 is 2.03 bits per heavy atom. The molecule has 0 radical (unpaired) electrons. The topological polar surface area (TPSA) is 72.6 Å². The molecular formula is C22H29N5O2. The summed E-state index contributed by atoms with van der Waals surface area (Å²) in [5.41, 5.74) is 3.26. The van der Waals surface area contributed by atoms with Crippen molar-refractivity contribution in [3.8, 4) is 0 Å². The number of carbonyl (C=O) groups is 1. The van der Waals surface area contributed by atoms with Crippen molar-refractivity contribution in [3.63, 3.8) is 0 Å². The van der Waals surface area contributed by atoms with E-state index in [0.29, 0.717) is 24.6 Å². The van der Waals surface area contributed by atoms with Gasteiger partial charge in [0, 0.05) is 19.1 Å². The van der Waals surface area contributed by atoms with E-state index in [1.165, 1.54) is 6.33 Å². The number of rotatable bonds is 6. The first-order valence-electron chi connectivity index (χ1n) is 9.77. The van der Waals surface area contributed by atoms with Crippen molar-refractivity contribution in [2.24, 2.45) is 0 Å². The number of nitrogens with zero attached hydrogens (tertiary/aromatic N) is 5. The van der Waals surface area contributed by atoms with E-state index in [1.54, 1.807) is 16.5 Å². The lowest BCUT2D eigenvalue weighted by molar-refractivity contribution is 0.0536. The Morgan fingerprint density at radius 1 is 1.28 bits per heavy atom. The normalized spacial score (nSPS) is 12.9. The van der Waals surface area contributed by atoms with E-state index in [1.807, 2.05) is 38.1 Å². The molecule has 0 aliphatic rings. The van der Waals surface area contributed by atoms with Crippen LogP contribution in [0.15, 0.2) is 36.7 Å². The van der Waals surface area contributed by atoms with E-state index in [2.05, 4.69) is 41.9 Å². The summed E-state index contributed by atoms with van der Waals surface area (Å²) >= 11 is 0. The highest BCUT2D eigenvalue weighted by Crippen LogP contribution is 2.24. The highest BCUT2D eigenvalue weighted by Gasteiger charge is 2.27. The smallest absolute Gasteiger partial charge is 0.273 e. The van der Waals surface area contributed by atoms with Crippen molar-refractivity contribution >= 4 is 11.7 Å². The number of carbonyl (C=O) groups excluding carboxylic acids is 1. The summed E-state index contributed by atoms with van der Waals surface area (Å²) in [7, 11) is 1.64. The van der Waals surface area contributed by atoms with Crippen LogP contribution in [-0.2, 0) is 16.7 Å². The number of benzene rings is 1. The van der Waals surface area contributed by atoms with Gasteiger partial charge in [-0.05, 0) is 25.5 Å². The third-order valence-corrected chi connectivity index (χ3v) is 4.88. The molecule has 3 aromatic rings. The summed E-state index contributed by atoms with van der Waals surface area (Å²) in [5.74, 6) is 0.280. The van der Waals surface area contributed by atoms with Crippen LogP contribution in [0.1, 0.15) is 55.0 Å². The highest BCUT2D eigenvalue weighted by molar-refractivity contribution is 5.93. The Morgan fingerprint density at radius 3 is 2.69 bits per heavy atom. The van der Waals surface area contributed by atoms with Gasteiger partial charge < -0.3 is 9.64 Å². The zero-order valence-electron chi connectivity index (χ0n) is 18.0. The predicted octanol–water partition coefficient (Wildman–Crippen LogP) is 3.41. The molecular weight excluding hydrogens is 366 g/mol. The number of hydrogen-bond acceptors (Lipinski definition) is 5. The maximum Gasteiger partial charge on any atom is 0.273 e. The van der Waals surface area contributed by atoms with Crippen molar-refractivity contribution in [1.29, 1.82) is 0 Å². The lowest BCUT2D eigenvalue weighted by Crippen LogP contribution is -2.41. The van der Waals surface area contributed by atoms with Gasteiger partial charge in [-0.1, -0.05) is 50.6 Å². The quantitative estimate of drug-likeness (QED) is 0.640. The van der Waals surface area contributed by atoms with E-state index in [0.717, 1.165) is 16.8 Å². The fraction of sp³-hybridized carbons (Fsp3) is 0.455. The second-order valence-corrected chi connectivity index (χ2v) is 8.47. The predicted molar refractivity (Wildman–Crippen MR) is 112 cm³/mol. The number of ether oxygens (including phenoxy) is 1. The minimum atomic E-state index is -0.219. The van der Waals surface area contributed by atoms with Gasteiger partial charge in [-0.2, -0.15) is 10.1 Å². The van der Waals surface area contributed by atoms with Crippen molar-refractivity contribution in [3.05, 3.63) is 59.2 Å². The minimum absolute atomic E-state index is 0.109. The molecule has 1 aromatic carbocycles. The molecule has 0 bridgehead atoms. The van der Waals surface area contributed by atoms with E-state index in [4.69, 9.17) is 4.74 Å². The van der Waals surface area contributed by atoms with Crippen LogP contribution in [0.2, 0.25) is 0 Å². The summed E-state index contributed by atoms with van der Waals surface area (Å²) in [6, 6.07) is 9.89. The van der Waals surface area contributed by atoms with Crippen LogP contribution in [0.4, 0.5) is 0 Å². The highest BCUT2D eigenvalue weighted by atomic mass is 16.5. The standard InChI is InChI=1S/C22H29N5O2/c1-15-8-7-9-17(10-15)12-26(16(2)13-29-6)20(28)18-11-19(22(3,4)5)27-21(25-18)23-14-24-27/h7-11,14,16H,12-13H2,1-6H3/t16-/m0/s1. The van der Waals surface area contributed by atoms with E-state index in [-0.39, 0.29) is 17.4 Å². The van der Waals surface area contributed by atoms with Gasteiger partial charge in [-0.25, -0.2) is 9.50 Å². The van der Waals surface area contributed by atoms with Gasteiger partial charge in [0.05, 0.1) is 18.3 Å². The fourth-order valence-corrected chi connectivity index (χ4v) is 3.37. The Balaban J connectivity index is 2.03. The summed E-state index contributed by atoms with van der Waals surface area (Å²) in [5, 5.41) is 4.27.